The van der Waals surface area contributed by atoms with Crippen LogP contribution in [0.5, 0.6) is 0 Å². The van der Waals surface area contributed by atoms with E-state index in [-0.39, 0.29) is 11.8 Å². The minimum Gasteiger partial charge on any atom is -0.388 e. The van der Waals surface area contributed by atoms with Crippen molar-refractivity contribution in [3.05, 3.63) is 0 Å². The number of piperidine rings is 1. The van der Waals surface area contributed by atoms with Gasteiger partial charge in [-0.2, -0.15) is 0 Å². The van der Waals surface area contributed by atoms with E-state index in [1.807, 2.05) is 0 Å². The van der Waals surface area contributed by atoms with Crippen molar-refractivity contribution in [3.8, 4) is 0 Å². The second-order valence-electron chi connectivity index (χ2n) is 6.92. The molecule has 2 aliphatic heterocycles. The molecule has 2 aliphatic rings. The largest absolute Gasteiger partial charge is 0.388 e. The summed E-state index contributed by atoms with van der Waals surface area (Å²) < 4.78 is 18.3. The number of rotatable bonds is 7. The number of hydrogen-bond acceptors (Lipinski definition) is 7. The van der Waals surface area contributed by atoms with Gasteiger partial charge in [-0.1, -0.05) is 0 Å². The van der Waals surface area contributed by atoms with Crippen LogP contribution < -0.4 is 10.6 Å². The second kappa shape index (κ2) is 10.8. The Balaban J connectivity index is 2.07. The predicted molar refractivity (Wildman–Crippen MR) is 103 cm³/mol. The number of carbonyl (C=O) groups is 1. The maximum atomic E-state index is 12.7. The molecule has 2 heterocycles. The fourth-order valence-corrected chi connectivity index (χ4v) is 4.62. The summed E-state index contributed by atoms with van der Waals surface area (Å²) >= 11 is 13.2. The average molecular weight is 449 g/mol. The number of halogens is 3. The van der Waals surface area contributed by atoms with E-state index < -0.39 is 53.4 Å². The Labute approximate surface area is 172 Å². The fourth-order valence-electron chi connectivity index (χ4n) is 3.53. The van der Waals surface area contributed by atoms with E-state index in [2.05, 4.69) is 10.6 Å². The standard InChI is InChI=1S/C16H27Cl2FN2O5S/c1-27-16-12(24)10(22)11(23)13(26-16)9(14(17)18)21-15(25)8-6-7(2-4-19)3-5-20-8/h7-14,16,20,22-24H,2-6H2,1H3,(H,21,25)/t7-,8+,9+,10+,11-,12+,13-,16+/m1/s1. The van der Waals surface area contributed by atoms with Crippen molar-refractivity contribution in [1.29, 1.82) is 0 Å². The number of hydrogen-bond donors (Lipinski definition) is 5. The highest BCUT2D eigenvalue weighted by atomic mass is 35.5. The van der Waals surface area contributed by atoms with Crippen LogP contribution in [0.3, 0.4) is 0 Å². The molecule has 8 atom stereocenters. The average Bonchev–Trinajstić information content (AvgIpc) is 2.65. The number of amides is 1. The van der Waals surface area contributed by atoms with Gasteiger partial charge in [0.15, 0.2) is 0 Å². The maximum absolute atomic E-state index is 12.7. The van der Waals surface area contributed by atoms with E-state index in [1.165, 1.54) is 0 Å². The molecule has 0 aromatic heterocycles. The molecule has 158 valence electrons. The van der Waals surface area contributed by atoms with Crippen LogP contribution in [0, 0.1) is 5.92 Å². The Bertz CT molecular complexity index is 492. The number of carbonyl (C=O) groups excluding carboxylic acids is 1. The van der Waals surface area contributed by atoms with Gasteiger partial charge in [0.1, 0.15) is 34.7 Å². The minimum absolute atomic E-state index is 0.114. The van der Waals surface area contributed by atoms with Gasteiger partial charge in [-0.25, -0.2) is 0 Å². The highest BCUT2D eigenvalue weighted by Gasteiger charge is 2.48. The van der Waals surface area contributed by atoms with Crippen LogP contribution >= 0.6 is 35.0 Å². The quantitative estimate of drug-likeness (QED) is 0.353. The molecule has 0 radical (unpaired) electrons. The Morgan fingerprint density at radius 1 is 1.33 bits per heavy atom. The van der Waals surface area contributed by atoms with Crippen LogP contribution in [0.2, 0.25) is 0 Å². The van der Waals surface area contributed by atoms with Gasteiger partial charge in [-0.15, -0.1) is 35.0 Å². The zero-order chi connectivity index (χ0) is 20.1. The zero-order valence-corrected chi connectivity index (χ0v) is 17.3. The third-order valence-corrected chi connectivity index (χ3v) is 6.52. The number of aliphatic hydroxyl groups is 3. The second-order valence-corrected chi connectivity index (χ2v) is 9.02. The zero-order valence-electron chi connectivity index (χ0n) is 14.9. The molecular formula is C16H27Cl2FN2O5S. The summed E-state index contributed by atoms with van der Waals surface area (Å²) in [6.07, 6.45) is -1.95. The fraction of sp³-hybridized carbons (Fsp3) is 0.938. The summed E-state index contributed by atoms with van der Waals surface area (Å²) in [5.74, 6) is -0.269. The molecule has 5 N–H and O–H groups in total. The normalized spacial score (nSPS) is 38.6. The molecule has 11 heteroatoms. The smallest absolute Gasteiger partial charge is 0.237 e. The van der Waals surface area contributed by atoms with Gasteiger partial charge >= 0.3 is 0 Å². The van der Waals surface area contributed by atoms with Crippen molar-refractivity contribution in [2.24, 2.45) is 5.92 Å². The van der Waals surface area contributed by atoms with Crippen LogP contribution in [0.15, 0.2) is 0 Å². The van der Waals surface area contributed by atoms with Crippen molar-refractivity contribution in [2.45, 2.75) is 66.0 Å². The molecule has 1 amide bonds. The molecule has 7 nitrogen and oxygen atoms in total. The lowest BCUT2D eigenvalue weighted by atomic mass is 9.89. The monoisotopic (exact) mass is 448 g/mol. The van der Waals surface area contributed by atoms with Gasteiger partial charge in [0, 0.05) is 0 Å². The topological polar surface area (TPSA) is 111 Å². The highest BCUT2D eigenvalue weighted by molar-refractivity contribution is 7.99. The number of aliphatic hydroxyl groups excluding tert-OH is 3. The number of ether oxygens (including phenoxy) is 1. The summed E-state index contributed by atoms with van der Waals surface area (Å²) in [6, 6.07) is -1.53. The Morgan fingerprint density at radius 3 is 2.63 bits per heavy atom. The van der Waals surface area contributed by atoms with E-state index in [9.17, 15) is 24.5 Å². The first kappa shape index (κ1) is 23.4. The maximum Gasteiger partial charge on any atom is 0.237 e. The van der Waals surface area contributed by atoms with E-state index in [0.717, 1.165) is 18.2 Å². The van der Waals surface area contributed by atoms with Gasteiger partial charge in [0.25, 0.3) is 0 Å². The lowest BCUT2D eigenvalue weighted by molar-refractivity contribution is -0.204. The van der Waals surface area contributed by atoms with Crippen molar-refractivity contribution in [2.75, 3.05) is 19.5 Å². The van der Waals surface area contributed by atoms with Crippen LogP contribution in [0.1, 0.15) is 19.3 Å². The van der Waals surface area contributed by atoms with Crippen LogP contribution in [0.4, 0.5) is 4.39 Å². The molecular weight excluding hydrogens is 422 g/mol. The van der Waals surface area contributed by atoms with Crippen molar-refractivity contribution >= 4 is 40.9 Å². The predicted octanol–water partition coefficient (Wildman–Crippen LogP) is 0.173. The first-order chi connectivity index (χ1) is 12.8. The minimum atomic E-state index is -1.48. The molecule has 0 spiro atoms. The van der Waals surface area contributed by atoms with E-state index in [1.54, 1.807) is 6.26 Å². The summed E-state index contributed by atoms with van der Waals surface area (Å²) in [5, 5.41) is 36.1. The van der Waals surface area contributed by atoms with Gasteiger partial charge in [-0.05, 0) is 38.0 Å². The summed E-state index contributed by atoms with van der Waals surface area (Å²) in [7, 11) is 0. The molecule has 0 aliphatic carbocycles. The van der Waals surface area contributed by atoms with Gasteiger partial charge in [-0.3, -0.25) is 9.18 Å². The summed E-state index contributed by atoms with van der Waals surface area (Å²) in [6.45, 7) is 0.173. The third-order valence-electron chi connectivity index (χ3n) is 5.12. The van der Waals surface area contributed by atoms with Crippen LogP contribution in [0.25, 0.3) is 0 Å². The lowest BCUT2D eigenvalue weighted by Crippen LogP contribution is -2.65. The van der Waals surface area contributed by atoms with Gasteiger partial charge in [0.2, 0.25) is 5.91 Å². The van der Waals surface area contributed by atoms with E-state index in [4.69, 9.17) is 27.9 Å². The molecule has 0 aromatic rings. The number of alkyl halides is 3. The third kappa shape index (κ3) is 5.82. The van der Waals surface area contributed by atoms with E-state index in [0.29, 0.717) is 19.4 Å². The molecule has 0 unspecified atom stereocenters. The molecule has 0 saturated carbocycles. The van der Waals surface area contributed by atoms with Crippen molar-refractivity contribution in [1.82, 2.24) is 10.6 Å². The SMILES string of the molecule is CS[C@@H]1O[C@H]([C@H](NC(=O)[C@@H]2C[C@H](CCF)CCN2)C(Cl)Cl)[C@H](O)[C@H](O)[C@@H]1O. The van der Waals surface area contributed by atoms with Gasteiger partial charge < -0.3 is 30.7 Å². The molecule has 27 heavy (non-hydrogen) atoms. The summed E-state index contributed by atoms with van der Waals surface area (Å²) in [4.78, 5) is 11.5. The molecule has 2 saturated heterocycles. The van der Waals surface area contributed by atoms with Gasteiger partial charge in [0.05, 0.1) is 18.8 Å². The van der Waals surface area contributed by atoms with Crippen molar-refractivity contribution in [3.63, 3.8) is 0 Å². The Hall–Kier alpha value is 0.130. The number of thioether (sulfide) groups is 1. The first-order valence-electron chi connectivity index (χ1n) is 8.90. The Kier molecular flexibility index (Phi) is 9.34. The number of nitrogens with one attached hydrogen (secondary N) is 2. The lowest BCUT2D eigenvalue weighted by Gasteiger charge is -2.43. The molecule has 0 aromatic carbocycles. The van der Waals surface area contributed by atoms with E-state index >= 15 is 0 Å². The molecule has 2 rings (SSSR count). The van der Waals surface area contributed by atoms with Crippen molar-refractivity contribution < 1.29 is 29.2 Å². The molecule has 2 fully saturated rings. The van der Waals surface area contributed by atoms with Crippen LogP contribution in [-0.2, 0) is 9.53 Å². The molecule has 0 bridgehead atoms. The van der Waals surface area contributed by atoms with Crippen LogP contribution in [-0.4, -0.2) is 87.5 Å². The first-order valence-corrected chi connectivity index (χ1v) is 11.1. The Morgan fingerprint density at radius 2 is 2.04 bits per heavy atom. The summed E-state index contributed by atoms with van der Waals surface area (Å²) in [5.41, 5.74) is -0.804. The highest BCUT2D eigenvalue weighted by Crippen LogP contribution is 2.31.